The van der Waals surface area contributed by atoms with Gasteiger partial charge in [-0.05, 0) is 33.4 Å². The Morgan fingerprint density at radius 1 is 1.30 bits per heavy atom. The number of aromatic nitrogens is 2. The summed E-state index contributed by atoms with van der Waals surface area (Å²) in [5.41, 5.74) is -0.682. The van der Waals surface area contributed by atoms with E-state index >= 15 is 0 Å². The van der Waals surface area contributed by atoms with Crippen LogP contribution in [0.15, 0.2) is 40.2 Å². The van der Waals surface area contributed by atoms with Crippen LogP contribution >= 0.6 is 27.3 Å². The minimum Gasteiger partial charge on any atom is -0.363 e. The molecule has 2 N–H and O–H groups in total. The average Bonchev–Trinajstić information content (AvgIpc) is 3.32. The van der Waals surface area contributed by atoms with Crippen molar-refractivity contribution in [2.75, 3.05) is 10.6 Å². The number of anilines is 2. The molecule has 12 heteroatoms. The second-order valence-corrected chi connectivity index (χ2v) is 8.40. The summed E-state index contributed by atoms with van der Waals surface area (Å²) in [5.74, 6) is -2.81. The molecule has 5 nitrogen and oxygen atoms in total. The second-order valence-electron chi connectivity index (χ2n) is 6.56. The van der Waals surface area contributed by atoms with Gasteiger partial charge < -0.3 is 10.6 Å². The van der Waals surface area contributed by atoms with E-state index < -0.39 is 35.8 Å². The first-order valence-electron chi connectivity index (χ1n) is 8.55. The molecule has 1 aliphatic heterocycles. The summed E-state index contributed by atoms with van der Waals surface area (Å²) in [6.07, 6.45) is -4.88. The Kier molecular flexibility index (Phi) is 5.30. The maximum atomic E-state index is 14.0. The first-order valence-corrected chi connectivity index (χ1v) is 10.2. The van der Waals surface area contributed by atoms with E-state index in [4.69, 9.17) is 0 Å². The number of carbonyl (C=O) groups excluding carboxylic acids is 1. The molecule has 1 aromatic carbocycles. The number of thiophene rings is 1. The van der Waals surface area contributed by atoms with Gasteiger partial charge in [0.2, 0.25) is 0 Å². The SMILES string of the molecule is O=C(Nc1c(F)cc(F)cc1Br)c1cc2n(n1)[C@H](C(F)(F)F)C[C@H](c1cccs1)N2. The first kappa shape index (κ1) is 20.8. The predicted molar refractivity (Wildman–Crippen MR) is 105 cm³/mol. The zero-order valence-corrected chi connectivity index (χ0v) is 17.2. The van der Waals surface area contributed by atoms with Gasteiger partial charge >= 0.3 is 6.18 Å². The number of hydrogen-bond donors (Lipinski definition) is 2. The number of amides is 1. The lowest BCUT2D eigenvalue weighted by molar-refractivity contribution is -0.173. The van der Waals surface area contributed by atoms with Gasteiger partial charge in [0.1, 0.15) is 11.6 Å². The van der Waals surface area contributed by atoms with E-state index in [0.29, 0.717) is 6.07 Å². The van der Waals surface area contributed by atoms with Crippen LogP contribution in [0.2, 0.25) is 0 Å². The monoisotopic (exact) mass is 506 g/mol. The second kappa shape index (κ2) is 7.65. The van der Waals surface area contributed by atoms with Gasteiger partial charge in [-0.3, -0.25) is 4.79 Å². The van der Waals surface area contributed by atoms with Crippen molar-refractivity contribution in [3.05, 3.63) is 62.4 Å². The molecule has 4 rings (SSSR count). The van der Waals surface area contributed by atoms with Crippen molar-refractivity contribution in [3.8, 4) is 0 Å². The van der Waals surface area contributed by atoms with Gasteiger partial charge in [0.25, 0.3) is 5.91 Å². The summed E-state index contributed by atoms with van der Waals surface area (Å²) in [5, 5.41) is 10.7. The molecule has 1 amide bonds. The van der Waals surface area contributed by atoms with E-state index in [1.165, 1.54) is 17.4 Å². The lowest BCUT2D eigenvalue weighted by atomic mass is 10.0. The molecule has 3 aromatic rings. The third-order valence-corrected chi connectivity index (χ3v) is 6.17. The van der Waals surface area contributed by atoms with Crippen LogP contribution in [0.5, 0.6) is 0 Å². The molecular weight excluding hydrogens is 495 g/mol. The molecule has 30 heavy (non-hydrogen) atoms. The van der Waals surface area contributed by atoms with Crippen LogP contribution in [0, 0.1) is 11.6 Å². The van der Waals surface area contributed by atoms with Gasteiger partial charge in [-0.15, -0.1) is 11.3 Å². The molecule has 0 unspecified atom stereocenters. The number of benzene rings is 1. The standard InChI is InChI=1S/C18H12BrF5N4OS/c19-9-4-8(20)5-10(21)16(9)26-17(29)12-7-15-25-11(13-2-1-3-30-13)6-14(18(22,23)24)28(15)27-12/h1-5,7,11,14,25H,6H2,(H,26,29)/t11-,14+/m1/s1. The van der Waals surface area contributed by atoms with E-state index in [0.717, 1.165) is 15.6 Å². The smallest absolute Gasteiger partial charge is 0.363 e. The number of hydrogen-bond acceptors (Lipinski definition) is 4. The van der Waals surface area contributed by atoms with E-state index in [-0.39, 0.29) is 28.1 Å². The van der Waals surface area contributed by atoms with Crippen LogP contribution in [0.1, 0.15) is 33.9 Å². The summed E-state index contributed by atoms with van der Waals surface area (Å²) in [6, 6.07) is 3.63. The molecule has 0 radical (unpaired) electrons. The molecular formula is C18H12BrF5N4OS. The average molecular weight is 507 g/mol. The Balaban J connectivity index is 1.66. The predicted octanol–water partition coefficient (Wildman–Crippen LogP) is 5.90. The van der Waals surface area contributed by atoms with Crippen molar-refractivity contribution in [1.82, 2.24) is 9.78 Å². The molecule has 3 heterocycles. The number of rotatable bonds is 3. The summed E-state index contributed by atoms with van der Waals surface area (Å²) in [4.78, 5) is 13.2. The van der Waals surface area contributed by atoms with Gasteiger partial charge in [-0.2, -0.15) is 18.3 Å². The lowest BCUT2D eigenvalue weighted by Gasteiger charge is -2.32. The highest BCUT2D eigenvalue weighted by Gasteiger charge is 2.47. The van der Waals surface area contributed by atoms with Crippen molar-refractivity contribution in [1.29, 1.82) is 0 Å². The third-order valence-electron chi connectivity index (χ3n) is 4.55. The summed E-state index contributed by atoms with van der Waals surface area (Å²) < 4.78 is 68.8. The van der Waals surface area contributed by atoms with Crippen molar-refractivity contribution >= 4 is 44.7 Å². The highest BCUT2D eigenvalue weighted by atomic mass is 79.9. The topological polar surface area (TPSA) is 59.0 Å². The molecule has 2 atom stereocenters. The van der Waals surface area contributed by atoms with Gasteiger partial charge in [0, 0.05) is 27.9 Å². The Labute approximate surface area is 179 Å². The van der Waals surface area contributed by atoms with Crippen LogP contribution in [0.25, 0.3) is 0 Å². The molecule has 1 aliphatic rings. The number of alkyl halides is 3. The zero-order chi connectivity index (χ0) is 21.6. The molecule has 0 fully saturated rings. The normalized spacial score (nSPS) is 18.6. The number of nitrogens with zero attached hydrogens (tertiary/aromatic N) is 2. The summed E-state index contributed by atoms with van der Waals surface area (Å²) >= 11 is 4.26. The quantitative estimate of drug-likeness (QED) is 0.435. The van der Waals surface area contributed by atoms with Crippen LogP contribution < -0.4 is 10.6 Å². The molecule has 0 aliphatic carbocycles. The van der Waals surface area contributed by atoms with Crippen LogP contribution in [0.4, 0.5) is 33.5 Å². The molecule has 0 bridgehead atoms. The van der Waals surface area contributed by atoms with E-state index in [2.05, 4.69) is 31.7 Å². The maximum Gasteiger partial charge on any atom is 0.410 e. The minimum atomic E-state index is -4.59. The minimum absolute atomic E-state index is 0.0192. The van der Waals surface area contributed by atoms with Crippen LogP contribution in [0.3, 0.4) is 0 Å². The van der Waals surface area contributed by atoms with Crippen LogP contribution in [-0.4, -0.2) is 21.9 Å². The zero-order valence-electron chi connectivity index (χ0n) is 14.8. The Bertz CT molecular complexity index is 1080. The highest BCUT2D eigenvalue weighted by Crippen LogP contribution is 2.44. The number of fused-ring (bicyclic) bond motifs is 1. The van der Waals surface area contributed by atoms with E-state index in [1.54, 1.807) is 17.5 Å². The number of nitrogens with one attached hydrogen (secondary N) is 2. The van der Waals surface area contributed by atoms with Gasteiger partial charge in [-0.1, -0.05) is 6.07 Å². The van der Waals surface area contributed by atoms with E-state index in [1.807, 2.05) is 0 Å². The van der Waals surface area contributed by atoms with Gasteiger partial charge in [0.05, 0.1) is 11.7 Å². The Morgan fingerprint density at radius 3 is 2.70 bits per heavy atom. The third kappa shape index (κ3) is 3.93. The summed E-state index contributed by atoms with van der Waals surface area (Å²) in [7, 11) is 0. The number of halogens is 6. The fourth-order valence-electron chi connectivity index (χ4n) is 3.20. The number of carbonyl (C=O) groups is 1. The van der Waals surface area contributed by atoms with Crippen molar-refractivity contribution in [2.45, 2.75) is 24.7 Å². The van der Waals surface area contributed by atoms with E-state index in [9.17, 15) is 26.7 Å². The first-order chi connectivity index (χ1) is 14.1. The molecule has 158 valence electrons. The Morgan fingerprint density at radius 2 is 2.07 bits per heavy atom. The molecule has 0 saturated heterocycles. The van der Waals surface area contributed by atoms with Gasteiger partial charge in [0.15, 0.2) is 17.6 Å². The lowest BCUT2D eigenvalue weighted by Crippen LogP contribution is -2.35. The van der Waals surface area contributed by atoms with Crippen molar-refractivity contribution in [2.24, 2.45) is 0 Å². The molecule has 0 spiro atoms. The Hall–Kier alpha value is -2.47. The van der Waals surface area contributed by atoms with Gasteiger partial charge in [-0.25, -0.2) is 13.5 Å². The largest absolute Gasteiger partial charge is 0.410 e. The fourth-order valence-corrected chi connectivity index (χ4v) is 4.50. The molecule has 2 aromatic heterocycles. The van der Waals surface area contributed by atoms with Crippen LogP contribution in [-0.2, 0) is 0 Å². The fraction of sp³-hybridized carbons (Fsp3) is 0.222. The van der Waals surface area contributed by atoms with Crippen molar-refractivity contribution in [3.63, 3.8) is 0 Å². The molecule has 0 saturated carbocycles. The summed E-state index contributed by atoms with van der Waals surface area (Å²) in [6.45, 7) is 0. The highest BCUT2D eigenvalue weighted by molar-refractivity contribution is 9.10. The van der Waals surface area contributed by atoms with Crippen molar-refractivity contribution < 1.29 is 26.7 Å². The maximum absolute atomic E-state index is 14.0.